The van der Waals surface area contributed by atoms with Crippen LogP contribution in [0, 0.1) is 19.3 Å². The van der Waals surface area contributed by atoms with E-state index in [1.807, 2.05) is 39.0 Å². The molecule has 2 rings (SSSR count). The van der Waals surface area contributed by atoms with E-state index in [4.69, 9.17) is 0 Å². The van der Waals surface area contributed by atoms with Gasteiger partial charge in [-0.1, -0.05) is 37.6 Å². The summed E-state index contributed by atoms with van der Waals surface area (Å²) >= 11 is 0. The van der Waals surface area contributed by atoms with E-state index >= 15 is 0 Å². The SMILES string of the molecule is CC1=CC(=NNC(=O)C(C)Nc2c(C)cccc2C)CC(C)(C)C1. The molecule has 0 aliphatic heterocycles. The number of nitrogens with one attached hydrogen (secondary N) is 2. The number of para-hydroxylation sites is 1. The molecular weight excluding hydrogens is 298 g/mol. The maximum absolute atomic E-state index is 12.4. The summed E-state index contributed by atoms with van der Waals surface area (Å²) in [5.41, 5.74) is 8.44. The minimum absolute atomic E-state index is 0.125. The second-order valence-electron chi connectivity index (χ2n) is 7.72. The van der Waals surface area contributed by atoms with E-state index in [-0.39, 0.29) is 17.4 Å². The fourth-order valence-corrected chi connectivity index (χ4v) is 3.31. The number of allylic oxidation sites excluding steroid dienone is 2. The Hall–Kier alpha value is -2.10. The highest BCUT2D eigenvalue weighted by atomic mass is 16.2. The third-order valence-electron chi connectivity index (χ3n) is 4.38. The van der Waals surface area contributed by atoms with Crippen molar-refractivity contribution in [3.63, 3.8) is 0 Å². The lowest BCUT2D eigenvalue weighted by Gasteiger charge is -2.29. The van der Waals surface area contributed by atoms with Crippen LogP contribution in [0.4, 0.5) is 5.69 Å². The van der Waals surface area contributed by atoms with Crippen LogP contribution in [0.1, 0.15) is 51.7 Å². The molecule has 1 unspecified atom stereocenters. The number of hydrogen-bond acceptors (Lipinski definition) is 3. The molecule has 0 saturated carbocycles. The van der Waals surface area contributed by atoms with Gasteiger partial charge in [0.05, 0.1) is 5.71 Å². The van der Waals surface area contributed by atoms with E-state index < -0.39 is 0 Å². The Morgan fingerprint density at radius 2 is 1.79 bits per heavy atom. The van der Waals surface area contributed by atoms with Gasteiger partial charge in [-0.2, -0.15) is 5.10 Å². The van der Waals surface area contributed by atoms with Gasteiger partial charge in [0.2, 0.25) is 0 Å². The van der Waals surface area contributed by atoms with E-state index in [9.17, 15) is 4.79 Å². The van der Waals surface area contributed by atoms with Crippen molar-refractivity contribution in [3.05, 3.63) is 41.0 Å². The normalized spacial score (nSPS) is 19.6. The molecule has 1 atom stereocenters. The average Bonchev–Trinajstić information content (AvgIpc) is 2.46. The molecule has 2 N–H and O–H groups in total. The molecule has 0 saturated heterocycles. The number of hydrogen-bond donors (Lipinski definition) is 2. The fraction of sp³-hybridized carbons (Fsp3) is 0.500. The van der Waals surface area contributed by atoms with Gasteiger partial charge in [0.25, 0.3) is 5.91 Å². The summed E-state index contributed by atoms with van der Waals surface area (Å²) in [7, 11) is 0. The number of anilines is 1. The van der Waals surface area contributed by atoms with Gasteiger partial charge in [0, 0.05) is 5.69 Å². The predicted molar refractivity (Wildman–Crippen MR) is 101 cm³/mol. The lowest BCUT2D eigenvalue weighted by molar-refractivity contribution is -0.121. The minimum Gasteiger partial charge on any atom is -0.373 e. The van der Waals surface area contributed by atoms with E-state index in [1.165, 1.54) is 5.57 Å². The number of carbonyl (C=O) groups excluding carboxylic acids is 1. The number of amides is 1. The zero-order valence-corrected chi connectivity index (χ0v) is 15.7. The predicted octanol–water partition coefficient (Wildman–Crippen LogP) is 4.34. The van der Waals surface area contributed by atoms with Gasteiger partial charge >= 0.3 is 0 Å². The summed E-state index contributed by atoms with van der Waals surface area (Å²) in [6.07, 6.45) is 4.03. The summed E-state index contributed by atoms with van der Waals surface area (Å²) in [5.74, 6) is -0.125. The van der Waals surface area contributed by atoms with E-state index in [1.54, 1.807) is 0 Å². The topological polar surface area (TPSA) is 53.5 Å². The molecule has 1 aromatic rings. The summed E-state index contributed by atoms with van der Waals surface area (Å²) in [4.78, 5) is 12.4. The van der Waals surface area contributed by atoms with Crippen molar-refractivity contribution in [1.82, 2.24) is 5.43 Å². The molecule has 24 heavy (non-hydrogen) atoms. The first-order chi connectivity index (χ1) is 11.2. The number of benzene rings is 1. The highest BCUT2D eigenvalue weighted by Crippen LogP contribution is 2.33. The van der Waals surface area contributed by atoms with E-state index in [2.05, 4.69) is 42.7 Å². The van der Waals surface area contributed by atoms with Gasteiger partial charge in [-0.05, 0) is 63.2 Å². The molecule has 1 amide bonds. The van der Waals surface area contributed by atoms with Gasteiger partial charge in [0.1, 0.15) is 6.04 Å². The van der Waals surface area contributed by atoms with Gasteiger partial charge in [0.15, 0.2) is 0 Å². The number of aryl methyl sites for hydroxylation is 2. The Morgan fingerprint density at radius 3 is 2.38 bits per heavy atom. The maximum atomic E-state index is 12.4. The number of carbonyl (C=O) groups is 1. The average molecular weight is 327 g/mol. The van der Waals surface area contributed by atoms with Crippen molar-refractivity contribution in [1.29, 1.82) is 0 Å². The molecule has 0 bridgehead atoms. The molecule has 1 aromatic carbocycles. The van der Waals surface area contributed by atoms with Crippen LogP contribution in [0.25, 0.3) is 0 Å². The van der Waals surface area contributed by atoms with Gasteiger partial charge in [-0.25, -0.2) is 5.43 Å². The first kappa shape index (κ1) is 18.2. The standard InChI is InChI=1S/C20H29N3O/c1-13-10-17(12-20(5,6)11-13)22-23-19(24)16(4)21-18-14(2)8-7-9-15(18)3/h7-10,16,21H,11-12H2,1-6H3,(H,23,24). The van der Waals surface area contributed by atoms with Gasteiger partial charge in [-0.15, -0.1) is 0 Å². The molecule has 0 radical (unpaired) electrons. The van der Waals surface area contributed by atoms with Crippen LogP contribution in [-0.4, -0.2) is 17.7 Å². The zero-order valence-electron chi connectivity index (χ0n) is 15.7. The summed E-state index contributed by atoms with van der Waals surface area (Å²) in [5, 5.41) is 7.63. The van der Waals surface area contributed by atoms with E-state index in [0.717, 1.165) is 35.4 Å². The Morgan fingerprint density at radius 1 is 1.17 bits per heavy atom. The second kappa shape index (κ2) is 7.20. The summed E-state index contributed by atoms with van der Waals surface area (Å²) in [6, 6.07) is 5.75. The molecule has 4 heteroatoms. The minimum atomic E-state index is -0.351. The molecule has 0 spiro atoms. The van der Waals surface area contributed by atoms with Crippen LogP contribution in [0.3, 0.4) is 0 Å². The molecular formula is C20H29N3O. The molecule has 0 heterocycles. The largest absolute Gasteiger partial charge is 0.373 e. The van der Waals surface area contributed by atoms with E-state index in [0.29, 0.717) is 0 Å². The quantitative estimate of drug-likeness (QED) is 0.808. The summed E-state index contributed by atoms with van der Waals surface area (Å²) in [6.45, 7) is 12.5. The zero-order chi connectivity index (χ0) is 17.9. The smallest absolute Gasteiger partial charge is 0.262 e. The third kappa shape index (κ3) is 4.70. The summed E-state index contributed by atoms with van der Waals surface area (Å²) < 4.78 is 0. The first-order valence-corrected chi connectivity index (χ1v) is 8.54. The van der Waals surface area contributed by atoms with Gasteiger partial charge in [-0.3, -0.25) is 4.79 Å². The van der Waals surface area contributed by atoms with Gasteiger partial charge < -0.3 is 5.32 Å². The molecule has 4 nitrogen and oxygen atoms in total. The van der Waals surface area contributed by atoms with Crippen molar-refractivity contribution < 1.29 is 4.79 Å². The van der Waals surface area contributed by atoms with Crippen molar-refractivity contribution in [2.45, 2.75) is 60.4 Å². The van der Waals surface area contributed by atoms with Crippen LogP contribution in [0.5, 0.6) is 0 Å². The van der Waals surface area contributed by atoms with Crippen LogP contribution < -0.4 is 10.7 Å². The Kier molecular flexibility index (Phi) is 5.47. The molecule has 1 aliphatic rings. The Labute approximate surface area is 145 Å². The van der Waals surface area contributed by atoms with Crippen molar-refractivity contribution >= 4 is 17.3 Å². The van der Waals surface area contributed by atoms with Crippen molar-refractivity contribution in [2.24, 2.45) is 10.5 Å². The molecule has 130 valence electrons. The van der Waals surface area contributed by atoms with Crippen molar-refractivity contribution in [2.75, 3.05) is 5.32 Å². The fourth-order valence-electron chi connectivity index (χ4n) is 3.31. The molecule has 1 aliphatic carbocycles. The van der Waals surface area contributed by atoms with Crippen LogP contribution in [0.15, 0.2) is 34.9 Å². The second-order valence-corrected chi connectivity index (χ2v) is 7.72. The van der Waals surface area contributed by atoms with Crippen LogP contribution >= 0.6 is 0 Å². The monoisotopic (exact) mass is 327 g/mol. The molecule has 0 aromatic heterocycles. The van der Waals surface area contributed by atoms with Crippen LogP contribution in [0.2, 0.25) is 0 Å². The number of hydrazone groups is 1. The lowest BCUT2D eigenvalue weighted by atomic mass is 9.77. The highest BCUT2D eigenvalue weighted by molar-refractivity contribution is 5.97. The lowest BCUT2D eigenvalue weighted by Crippen LogP contribution is -2.36. The maximum Gasteiger partial charge on any atom is 0.262 e. The first-order valence-electron chi connectivity index (χ1n) is 8.54. The number of nitrogens with zero attached hydrogens (tertiary/aromatic N) is 1. The molecule has 0 fully saturated rings. The Balaban J connectivity index is 2.02. The highest BCUT2D eigenvalue weighted by Gasteiger charge is 2.25. The third-order valence-corrected chi connectivity index (χ3v) is 4.38. The van der Waals surface area contributed by atoms with Crippen LogP contribution in [-0.2, 0) is 4.79 Å². The number of rotatable bonds is 4. The van der Waals surface area contributed by atoms with Crippen molar-refractivity contribution in [3.8, 4) is 0 Å². The Bertz CT molecular complexity index is 666.